The molecule has 0 aliphatic rings. The number of nitrogens with two attached hydrogens (primary N) is 2. The van der Waals surface area contributed by atoms with Crippen LogP contribution in [0.5, 0.6) is 11.5 Å². The third-order valence-corrected chi connectivity index (χ3v) is 4.77. The zero-order valence-electron chi connectivity index (χ0n) is 14.6. The van der Waals surface area contributed by atoms with Crippen molar-refractivity contribution in [3.05, 3.63) is 22.7 Å². The normalized spacial score (nSPS) is 10.7. The quantitative estimate of drug-likeness (QED) is 0.401. The molecule has 0 bridgehead atoms. The zero-order chi connectivity index (χ0) is 18.9. The van der Waals surface area contributed by atoms with E-state index >= 15 is 0 Å². The highest BCUT2D eigenvalue weighted by Gasteiger charge is 2.13. The number of ether oxygens (including phenoxy) is 2. The first-order chi connectivity index (χ1) is 12.5. The van der Waals surface area contributed by atoms with E-state index in [9.17, 15) is 4.79 Å². The van der Waals surface area contributed by atoms with Crippen LogP contribution >= 0.6 is 23.4 Å². The van der Waals surface area contributed by atoms with E-state index in [-0.39, 0.29) is 6.61 Å². The molecule has 0 radical (unpaired) electrons. The maximum Gasteiger partial charge on any atom is 0.255 e. The first kappa shape index (κ1) is 20.3. The number of halogens is 1. The smallest absolute Gasteiger partial charge is 0.255 e. The van der Waals surface area contributed by atoms with E-state index in [4.69, 9.17) is 26.8 Å². The van der Waals surface area contributed by atoms with Gasteiger partial charge < -0.3 is 20.5 Å². The number of primary amides is 1. The minimum absolute atomic E-state index is 0.250. The first-order valence-electron chi connectivity index (χ1n) is 7.95. The maximum absolute atomic E-state index is 10.9. The number of thioether (sulfide) groups is 1. The Morgan fingerprint density at radius 3 is 2.92 bits per heavy atom. The van der Waals surface area contributed by atoms with Crippen LogP contribution in [0.3, 0.4) is 0 Å². The second-order valence-corrected chi connectivity index (χ2v) is 6.90. The van der Waals surface area contributed by atoms with Gasteiger partial charge in [0.1, 0.15) is 6.54 Å². The van der Waals surface area contributed by atoms with Gasteiger partial charge in [-0.15, -0.1) is 5.10 Å². The Hall–Kier alpha value is -2.04. The van der Waals surface area contributed by atoms with E-state index in [1.165, 1.54) is 7.11 Å². The summed E-state index contributed by atoms with van der Waals surface area (Å²) in [6.07, 6.45) is 1.02. The Bertz CT molecular complexity index is 742. The molecule has 0 aliphatic heterocycles. The van der Waals surface area contributed by atoms with Crippen molar-refractivity contribution >= 4 is 29.3 Å². The zero-order valence-corrected chi connectivity index (χ0v) is 16.2. The number of rotatable bonds is 11. The standard InChI is InChI=1S/C15H21ClN6O3S/c1-22-15(19-20-21-22)26-5-3-4-18-8-10-6-11(16)14(12(7-10)24-2)25-9-13(17)23/h6-7,18H,3-5,8-9H2,1-2H3,(H2,17,23)/p+1. The minimum Gasteiger partial charge on any atom is -0.493 e. The molecule has 1 amide bonds. The first-order valence-corrected chi connectivity index (χ1v) is 9.32. The summed E-state index contributed by atoms with van der Waals surface area (Å²) in [5, 5.41) is 14.7. The number of hydrogen-bond donors (Lipinski definition) is 2. The third-order valence-electron chi connectivity index (χ3n) is 3.39. The minimum atomic E-state index is -0.574. The van der Waals surface area contributed by atoms with E-state index < -0.39 is 5.91 Å². The molecule has 0 unspecified atom stereocenters. The number of quaternary nitrogens is 1. The molecule has 0 saturated carbocycles. The van der Waals surface area contributed by atoms with Crippen LogP contribution in [0.25, 0.3) is 0 Å². The molecule has 0 fully saturated rings. The van der Waals surface area contributed by atoms with Crippen LogP contribution in [0.15, 0.2) is 17.3 Å². The summed E-state index contributed by atoms with van der Waals surface area (Å²) in [7, 11) is 3.34. The highest BCUT2D eigenvalue weighted by molar-refractivity contribution is 7.99. The number of carbonyl (C=O) groups is 1. The van der Waals surface area contributed by atoms with Gasteiger partial charge in [0.15, 0.2) is 18.1 Å². The van der Waals surface area contributed by atoms with Gasteiger partial charge in [-0.1, -0.05) is 23.4 Å². The van der Waals surface area contributed by atoms with Gasteiger partial charge in [-0.2, -0.15) is 0 Å². The molecule has 1 aromatic carbocycles. The average molecular weight is 402 g/mol. The van der Waals surface area contributed by atoms with Crippen LogP contribution < -0.4 is 20.5 Å². The fourth-order valence-corrected chi connectivity index (χ4v) is 3.28. The molecule has 11 heteroatoms. The van der Waals surface area contributed by atoms with Crippen molar-refractivity contribution in [2.24, 2.45) is 12.8 Å². The topological polar surface area (TPSA) is 122 Å². The molecule has 4 N–H and O–H groups in total. The molecular weight excluding hydrogens is 380 g/mol. The number of amides is 1. The van der Waals surface area contributed by atoms with E-state index in [1.54, 1.807) is 22.5 Å². The second kappa shape index (κ2) is 10.2. The lowest BCUT2D eigenvalue weighted by Crippen LogP contribution is -2.82. The Kier molecular flexibility index (Phi) is 7.95. The van der Waals surface area contributed by atoms with Gasteiger partial charge in [0.05, 0.1) is 18.7 Å². The van der Waals surface area contributed by atoms with Gasteiger partial charge in [0.2, 0.25) is 5.16 Å². The molecule has 2 rings (SSSR count). The fourth-order valence-electron chi connectivity index (χ4n) is 2.18. The summed E-state index contributed by atoms with van der Waals surface area (Å²) in [5.41, 5.74) is 6.09. The van der Waals surface area contributed by atoms with Crippen LogP contribution in [0.1, 0.15) is 12.0 Å². The molecule has 0 saturated heterocycles. The SMILES string of the molecule is COc1cc(C[NH2+]CCCSc2nnnn2C)cc(Cl)c1OCC(N)=O. The molecule has 0 aliphatic carbocycles. The molecule has 26 heavy (non-hydrogen) atoms. The predicted molar refractivity (Wildman–Crippen MR) is 97.3 cm³/mol. The number of hydrogen-bond acceptors (Lipinski definition) is 7. The fraction of sp³-hybridized carbons (Fsp3) is 0.467. The van der Waals surface area contributed by atoms with Crippen LogP contribution in [-0.4, -0.2) is 52.1 Å². The molecule has 0 atom stereocenters. The van der Waals surface area contributed by atoms with Crippen molar-refractivity contribution in [2.75, 3.05) is 26.0 Å². The summed E-state index contributed by atoms with van der Waals surface area (Å²) in [4.78, 5) is 10.9. The predicted octanol–water partition coefficient (Wildman–Crippen LogP) is -0.0180. The average Bonchev–Trinajstić information content (AvgIpc) is 3.01. The maximum atomic E-state index is 10.9. The lowest BCUT2D eigenvalue weighted by atomic mass is 10.2. The Morgan fingerprint density at radius 2 is 2.27 bits per heavy atom. The number of nitrogens with zero attached hydrogens (tertiary/aromatic N) is 4. The molecular formula is C15H22ClN6O3S+. The summed E-state index contributed by atoms with van der Waals surface area (Å²) >= 11 is 7.87. The van der Waals surface area contributed by atoms with E-state index in [0.717, 1.165) is 36.0 Å². The largest absolute Gasteiger partial charge is 0.493 e. The van der Waals surface area contributed by atoms with Crippen molar-refractivity contribution in [1.82, 2.24) is 20.2 Å². The number of carbonyl (C=O) groups excluding carboxylic acids is 1. The Labute approximate surface area is 160 Å². The molecule has 1 heterocycles. The lowest BCUT2D eigenvalue weighted by molar-refractivity contribution is -0.670. The number of aromatic nitrogens is 4. The van der Waals surface area contributed by atoms with Crippen LogP contribution in [-0.2, 0) is 18.4 Å². The number of benzene rings is 1. The van der Waals surface area contributed by atoms with E-state index in [1.807, 2.05) is 13.1 Å². The number of aryl methyl sites for hydroxylation is 1. The summed E-state index contributed by atoms with van der Waals surface area (Å²) < 4.78 is 12.3. The van der Waals surface area contributed by atoms with Crippen molar-refractivity contribution in [3.8, 4) is 11.5 Å². The monoisotopic (exact) mass is 401 g/mol. The lowest BCUT2D eigenvalue weighted by Gasteiger charge is -2.13. The van der Waals surface area contributed by atoms with Gasteiger partial charge in [-0.05, 0) is 22.6 Å². The molecule has 1 aromatic heterocycles. The molecule has 0 spiro atoms. The van der Waals surface area contributed by atoms with Crippen molar-refractivity contribution in [1.29, 1.82) is 0 Å². The molecule has 9 nitrogen and oxygen atoms in total. The van der Waals surface area contributed by atoms with E-state index in [2.05, 4.69) is 20.8 Å². The van der Waals surface area contributed by atoms with Crippen LogP contribution in [0, 0.1) is 0 Å². The summed E-state index contributed by atoms with van der Waals surface area (Å²) in [5.74, 6) is 1.17. The summed E-state index contributed by atoms with van der Waals surface area (Å²) in [6.45, 7) is 1.46. The van der Waals surface area contributed by atoms with Crippen LogP contribution in [0.2, 0.25) is 5.02 Å². The van der Waals surface area contributed by atoms with Crippen LogP contribution in [0.4, 0.5) is 0 Å². The Morgan fingerprint density at radius 1 is 1.46 bits per heavy atom. The highest BCUT2D eigenvalue weighted by Crippen LogP contribution is 2.36. The van der Waals surface area contributed by atoms with Gasteiger partial charge in [0.25, 0.3) is 5.91 Å². The van der Waals surface area contributed by atoms with Gasteiger partial charge in [0, 0.05) is 24.8 Å². The Balaban J connectivity index is 1.79. The van der Waals surface area contributed by atoms with Crippen molar-refractivity contribution < 1.29 is 19.6 Å². The van der Waals surface area contributed by atoms with Crippen molar-refractivity contribution in [2.45, 2.75) is 18.1 Å². The second-order valence-electron chi connectivity index (χ2n) is 5.43. The van der Waals surface area contributed by atoms with Gasteiger partial charge in [-0.25, -0.2) is 4.68 Å². The number of methoxy groups -OCH3 is 1. The highest BCUT2D eigenvalue weighted by atomic mass is 35.5. The van der Waals surface area contributed by atoms with Gasteiger partial charge in [-0.3, -0.25) is 4.79 Å². The van der Waals surface area contributed by atoms with Crippen molar-refractivity contribution in [3.63, 3.8) is 0 Å². The summed E-state index contributed by atoms with van der Waals surface area (Å²) in [6, 6.07) is 3.65. The van der Waals surface area contributed by atoms with Gasteiger partial charge >= 0.3 is 0 Å². The molecule has 142 valence electrons. The third kappa shape index (κ3) is 6.04. The number of tetrazole rings is 1. The molecule has 2 aromatic rings. The van der Waals surface area contributed by atoms with E-state index in [0.29, 0.717) is 16.5 Å².